The summed E-state index contributed by atoms with van der Waals surface area (Å²) in [6, 6.07) is 6.99. The van der Waals surface area contributed by atoms with Crippen LogP contribution in [-0.2, 0) is 16.6 Å². The van der Waals surface area contributed by atoms with E-state index in [0.717, 1.165) is 31.5 Å². The predicted molar refractivity (Wildman–Crippen MR) is 81.5 cm³/mol. The van der Waals surface area contributed by atoms with Crippen LogP contribution in [0.4, 0.5) is 0 Å². The van der Waals surface area contributed by atoms with Crippen LogP contribution in [0.5, 0.6) is 5.75 Å². The summed E-state index contributed by atoms with van der Waals surface area (Å²) in [7, 11) is 1.75. The van der Waals surface area contributed by atoms with Crippen LogP contribution in [0.25, 0.3) is 0 Å². The highest BCUT2D eigenvalue weighted by Crippen LogP contribution is 2.55. The highest BCUT2D eigenvalue weighted by molar-refractivity contribution is 5.52. The molecule has 1 aromatic rings. The molecule has 2 bridgehead atoms. The predicted octanol–water partition coefficient (Wildman–Crippen LogP) is 2.91. The molecule has 0 unspecified atom stereocenters. The van der Waals surface area contributed by atoms with Crippen molar-refractivity contribution >= 4 is 6.41 Å². The summed E-state index contributed by atoms with van der Waals surface area (Å²) in [5.74, 6) is 1.62. The van der Waals surface area contributed by atoms with E-state index in [1.165, 1.54) is 36.8 Å². The van der Waals surface area contributed by atoms with E-state index >= 15 is 0 Å². The molecule has 3 atom stereocenters. The van der Waals surface area contributed by atoms with Gasteiger partial charge < -0.3 is 9.64 Å². The summed E-state index contributed by atoms with van der Waals surface area (Å²) in [5, 5.41) is 0. The quantitative estimate of drug-likeness (QED) is 0.782. The first kappa shape index (κ1) is 13.2. The largest absolute Gasteiger partial charge is 0.497 e. The highest BCUT2D eigenvalue weighted by atomic mass is 16.5. The van der Waals surface area contributed by atoms with E-state index in [2.05, 4.69) is 23.1 Å². The molecule has 0 aromatic heterocycles. The molecule has 1 saturated heterocycles. The lowest BCUT2D eigenvalue weighted by atomic mass is 9.52. The average molecular weight is 285 g/mol. The van der Waals surface area contributed by atoms with Crippen LogP contribution in [-0.4, -0.2) is 31.0 Å². The van der Waals surface area contributed by atoms with Crippen molar-refractivity contribution in [3.05, 3.63) is 29.3 Å². The van der Waals surface area contributed by atoms with Crippen LogP contribution >= 0.6 is 0 Å². The average Bonchev–Trinajstić information content (AvgIpc) is 2.54. The minimum atomic E-state index is 0.296. The molecule has 112 valence electrons. The zero-order chi connectivity index (χ0) is 14.4. The van der Waals surface area contributed by atoms with E-state index in [-0.39, 0.29) is 0 Å². The Bertz CT molecular complexity index is 570. The van der Waals surface area contributed by atoms with Gasteiger partial charge in [0.2, 0.25) is 6.41 Å². The standard InChI is InChI=1S/C18H23NO2/c1-21-14-6-5-13-10-17-15-4-2-3-7-18(15,16(13)11-14)8-9-19(17)12-20/h5-6,11-12,15,17H,2-4,7-10H2,1H3/t15-,17-,18+/m0/s1. The molecule has 3 nitrogen and oxygen atoms in total. The lowest BCUT2D eigenvalue weighted by Gasteiger charge is -2.58. The number of likely N-dealkylation sites (tertiary alicyclic amines) is 1. The Labute approximate surface area is 126 Å². The van der Waals surface area contributed by atoms with Crippen LogP contribution in [0.2, 0.25) is 0 Å². The van der Waals surface area contributed by atoms with Gasteiger partial charge in [-0.15, -0.1) is 0 Å². The fraction of sp³-hybridized carbons (Fsp3) is 0.611. The van der Waals surface area contributed by atoms with Crippen LogP contribution < -0.4 is 4.74 Å². The summed E-state index contributed by atoms with van der Waals surface area (Å²) in [5.41, 5.74) is 3.25. The van der Waals surface area contributed by atoms with Gasteiger partial charge in [0, 0.05) is 18.0 Å². The van der Waals surface area contributed by atoms with Crippen molar-refractivity contribution in [1.29, 1.82) is 0 Å². The summed E-state index contributed by atoms with van der Waals surface area (Å²) in [4.78, 5) is 13.5. The van der Waals surface area contributed by atoms with Gasteiger partial charge in [-0.1, -0.05) is 18.9 Å². The van der Waals surface area contributed by atoms with Gasteiger partial charge in [-0.3, -0.25) is 4.79 Å². The molecular formula is C18H23NO2. The normalized spacial score (nSPS) is 33.9. The number of rotatable bonds is 2. The molecule has 1 saturated carbocycles. The zero-order valence-electron chi connectivity index (χ0n) is 12.7. The number of piperidine rings is 1. The Morgan fingerprint density at radius 2 is 2.24 bits per heavy atom. The molecule has 21 heavy (non-hydrogen) atoms. The van der Waals surface area contributed by atoms with Gasteiger partial charge in [0.15, 0.2) is 0 Å². The van der Waals surface area contributed by atoms with Crippen molar-refractivity contribution in [2.45, 2.75) is 50.0 Å². The van der Waals surface area contributed by atoms with E-state index < -0.39 is 0 Å². The van der Waals surface area contributed by atoms with Crippen molar-refractivity contribution in [2.75, 3.05) is 13.7 Å². The van der Waals surface area contributed by atoms with E-state index in [1.54, 1.807) is 7.11 Å². The van der Waals surface area contributed by atoms with E-state index in [9.17, 15) is 4.79 Å². The summed E-state index contributed by atoms with van der Waals surface area (Å²) in [6.07, 6.45) is 8.40. The summed E-state index contributed by atoms with van der Waals surface area (Å²) < 4.78 is 5.47. The molecule has 3 heteroatoms. The number of benzene rings is 1. The number of hydrogen-bond donors (Lipinski definition) is 0. The van der Waals surface area contributed by atoms with E-state index in [0.29, 0.717) is 17.4 Å². The van der Waals surface area contributed by atoms with Crippen molar-refractivity contribution in [3.8, 4) is 5.75 Å². The fourth-order valence-corrected chi connectivity index (χ4v) is 5.27. The minimum absolute atomic E-state index is 0.296. The number of carbonyl (C=O) groups is 1. The molecule has 3 aliphatic rings. The van der Waals surface area contributed by atoms with Gasteiger partial charge in [0.25, 0.3) is 0 Å². The Kier molecular flexibility index (Phi) is 2.98. The second-order valence-corrected chi connectivity index (χ2v) is 6.90. The number of hydrogen-bond acceptors (Lipinski definition) is 2. The van der Waals surface area contributed by atoms with Crippen LogP contribution in [0, 0.1) is 5.92 Å². The van der Waals surface area contributed by atoms with Crippen LogP contribution in [0.15, 0.2) is 18.2 Å². The molecule has 4 rings (SSSR count). The van der Waals surface area contributed by atoms with E-state index in [4.69, 9.17) is 4.74 Å². The molecule has 1 heterocycles. The van der Waals surface area contributed by atoms with Crippen molar-refractivity contribution in [2.24, 2.45) is 5.92 Å². The van der Waals surface area contributed by atoms with Gasteiger partial charge in [-0.25, -0.2) is 0 Å². The number of methoxy groups -OCH3 is 1. The molecule has 2 aliphatic carbocycles. The van der Waals surface area contributed by atoms with Crippen molar-refractivity contribution in [3.63, 3.8) is 0 Å². The zero-order valence-corrected chi connectivity index (χ0v) is 12.7. The van der Waals surface area contributed by atoms with Crippen molar-refractivity contribution < 1.29 is 9.53 Å². The summed E-state index contributed by atoms with van der Waals surface area (Å²) >= 11 is 0. The number of carbonyl (C=O) groups excluding carboxylic acids is 1. The first-order chi connectivity index (χ1) is 10.3. The maximum absolute atomic E-state index is 11.5. The maximum atomic E-state index is 11.5. The smallest absolute Gasteiger partial charge is 0.209 e. The molecule has 1 aliphatic heterocycles. The summed E-state index contributed by atoms with van der Waals surface area (Å²) in [6.45, 7) is 0.918. The van der Waals surface area contributed by atoms with Gasteiger partial charge in [-0.05, 0) is 54.9 Å². The van der Waals surface area contributed by atoms with Gasteiger partial charge in [0.1, 0.15) is 5.75 Å². The third-order valence-corrected chi connectivity index (χ3v) is 6.22. The lowest BCUT2D eigenvalue weighted by molar-refractivity contribution is -0.126. The molecule has 1 amide bonds. The molecule has 0 spiro atoms. The molecule has 0 N–H and O–H groups in total. The molecule has 0 radical (unpaired) electrons. The second-order valence-electron chi connectivity index (χ2n) is 6.90. The minimum Gasteiger partial charge on any atom is -0.497 e. The third-order valence-electron chi connectivity index (χ3n) is 6.22. The highest BCUT2D eigenvalue weighted by Gasteiger charge is 2.53. The number of fused-ring (bicyclic) bond motifs is 1. The maximum Gasteiger partial charge on any atom is 0.209 e. The van der Waals surface area contributed by atoms with Gasteiger partial charge in [-0.2, -0.15) is 0 Å². The SMILES string of the molecule is COc1ccc2c(c1)[C@@]13CCCC[C@H]1[C@H](C2)N(C=O)CC3. The van der Waals surface area contributed by atoms with Crippen molar-refractivity contribution in [1.82, 2.24) is 4.90 Å². The first-order valence-corrected chi connectivity index (χ1v) is 8.17. The lowest BCUT2D eigenvalue weighted by Crippen LogP contribution is -2.60. The Morgan fingerprint density at radius 3 is 3.05 bits per heavy atom. The van der Waals surface area contributed by atoms with Gasteiger partial charge in [0.05, 0.1) is 7.11 Å². The first-order valence-electron chi connectivity index (χ1n) is 8.17. The number of nitrogens with zero attached hydrogens (tertiary/aromatic N) is 1. The molecule has 1 aromatic carbocycles. The third kappa shape index (κ3) is 1.76. The van der Waals surface area contributed by atoms with Crippen LogP contribution in [0.3, 0.4) is 0 Å². The fourth-order valence-electron chi connectivity index (χ4n) is 5.27. The van der Waals surface area contributed by atoms with E-state index in [1.807, 2.05) is 0 Å². The van der Waals surface area contributed by atoms with Crippen LogP contribution in [0.1, 0.15) is 43.2 Å². The Balaban J connectivity index is 1.87. The van der Waals surface area contributed by atoms with Gasteiger partial charge >= 0.3 is 0 Å². The number of amides is 1. The molecule has 2 fully saturated rings. The number of ether oxygens (including phenoxy) is 1. The second kappa shape index (κ2) is 4.75. The topological polar surface area (TPSA) is 29.5 Å². The Morgan fingerprint density at radius 1 is 1.33 bits per heavy atom. The molecular weight excluding hydrogens is 262 g/mol. The Hall–Kier alpha value is -1.51. The monoisotopic (exact) mass is 285 g/mol.